The summed E-state index contributed by atoms with van der Waals surface area (Å²) in [5.74, 6) is 3.67. The molecule has 316 valence electrons. The minimum absolute atomic E-state index is 0.0811. The number of aromatic nitrogens is 4. The number of hydrogen-bond donors (Lipinski definition) is 0. The van der Waals surface area contributed by atoms with Gasteiger partial charge in [-0.15, -0.1) is 6.42 Å². The third-order valence-corrected chi connectivity index (χ3v) is 11.8. The van der Waals surface area contributed by atoms with Crippen LogP contribution in [-0.4, -0.2) is 88.9 Å². The SMILES string of the molecule is C#Cc1ccc(COc2c(-c3c(C)c(F)cc4c3cnn4C3CCCCO3)c(C3CC3)cc3c(N(C)[C@H]4CCN(C(=O)OC(C)(C)C)C4)nc(OC[C@@H](C)OC)nc23)cc1. The summed E-state index contributed by atoms with van der Waals surface area (Å²) < 4.78 is 49.0. The fraction of sp³-hybridized carbons (Fsp3) is 0.489. The smallest absolute Gasteiger partial charge is 0.410 e. The summed E-state index contributed by atoms with van der Waals surface area (Å²) in [5, 5.41) is 6.40. The Morgan fingerprint density at radius 3 is 2.53 bits per heavy atom. The number of carbonyl (C=O) groups is 1. The number of nitrogens with zero attached hydrogens (tertiary/aromatic N) is 6. The van der Waals surface area contributed by atoms with Crippen molar-refractivity contribution in [2.24, 2.45) is 0 Å². The zero-order valence-electron chi connectivity index (χ0n) is 35.7. The van der Waals surface area contributed by atoms with Crippen LogP contribution >= 0.6 is 0 Å². The van der Waals surface area contributed by atoms with Gasteiger partial charge in [0.1, 0.15) is 36.0 Å². The Labute approximate surface area is 351 Å². The number of rotatable bonds is 12. The second kappa shape index (κ2) is 16.9. The van der Waals surface area contributed by atoms with Crippen LogP contribution in [0.3, 0.4) is 0 Å². The number of benzene rings is 3. The van der Waals surface area contributed by atoms with Crippen LogP contribution in [0, 0.1) is 25.1 Å². The fourth-order valence-electron chi connectivity index (χ4n) is 8.23. The van der Waals surface area contributed by atoms with E-state index in [9.17, 15) is 4.79 Å². The number of fused-ring (bicyclic) bond motifs is 2. The topological polar surface area (TPSA) is 113 Å². The summed E-state index contributed by atoms with van der Waals surface area (Å²) in [5.41, 5.74) is 5.24. The summed E-state index contributed by atoms with van der Waals surface area (Å²) in [6.45, 7) is 11.4. The van der Waals surface area contributed by atoms with E-state index >= 15 is 4.39 Å². The van der Waals surface area contributed by atoms with Crippen LogP contribution in [0.2, 0.25) is 0 Å². The van der Waals surface area contributed by atoms with Gasteiger partial charge in [-0.3, -0.25) is 0 Å². The number of methoxy groups -OCH3 is 1. The Hall–Kier alpha value is -5.45. The molecular weight excluding hydrogens is 764 g/mol. The van der Waals surface area contributed by atoms with E-state index in [1.165, 1.54) is 0 Å². The van der Waals surface area contributed by atoms with Crippen LogP contribution in [-0.2, 0) is 20.8 Å². The molecule has 60 heavy (non-hydrogen) atoms. The summed E-state index contributed by atoms with van der Waals surface area (Å²) in [6, 6.07) is 11.5. The summed E-state index contributed by atoms with van der Waals surface area (Å²) in [7, 11) is 3.62. The van der Waals surface area contributed by atoms with Crippen LogP contribution < -0.4 is 14.4 Å². The van der Waals surface area contributed by atoms with E-state index in [4.69, 9.17) is 45.2 Å². The second-order valence-corrected chi connectivity index (χ2v) is 17.3. The molecule has 0 spiro atoms. The monoisotopic (exact) mass is 818 g/mol. The molecule has 1 amide bonds. The van der Waals surface area contributed by atoms with Gasteiger partial charge >= 0.3 is 12.1 Å². The highest BCUT2D eigenvalue weighted by molar-refractivity contribution is 6.06. The number of ether oxygens (including phenoxy) is 5. The molecule has 13 heteroatoms. The number of likely N-dealkylation sites (tertiary alicyclic amines) is 1. The van der Waals surface area contributed by atoms with Gasteiger partial charge in [0.25, 0.3) is 0 Å². The lowest BCUT2D eigenvalue weighted by molar-refractivity contribution is -0.0366. The molecule has 4 heterocycles. The third-order valence-electron chi connectivity index (χ3n) is 11.8. The molecule has 1 aliphatic carbocycles. The minimum Gasteiger partial charge on any atom is -0.486 e. The molecule has 3 aromatic carbocycles. The molecule has 8 rings (SSSR count). The number of hydrogen-bond acceptors (Lipinski definition) is 10. The Morgan fingerprint density at radius 2 is 1.85 bits per heavy atom. The van der Waals surface area contributed by atoms with Crippen LogP contribution in [0.1, 0.15) is 101 Å². The van der Waals surface area contributed by atoms with Gasteiger partial charge in [-0.25, -0.2) is 13.9 Å². The molecule has 2 saturated heterocycles. The predicted octanol–water partition coefficient (Wildman–Crippen LogP) is 9.09. The van der Waals surface area contributed by atoms with Gasteiger partial charge < -0.3 is 33.5 Å². The van der Waals surface area contributed by atoms with Gasteiger partial charge in [0, 0.05) is 73.4 Å². The number of halogens is 1. The molecular formula is C47H55FN6O6. The fourth-order valence-corrected chi connectivity index (χ4v) is 8.23. The number of anilines is 1. The lowest BCUT2D eigenvalue weighted by Gasteiger charge is -2.29. The van der Waals surface area contributed by atoms with Gasteiger partial charge in [-0.2, -0.15) is 15.1 Å². The minimum atomic E-state index is -0.611. The van der Waals surface area contributed by atoms with E-state index in [2.05, 4.69) is 16.9 Å². The average molecular weight is 819 g/mol. The second-order valence-electron chi connectivity index (χ2n) is 17.3. The van der Waals surface area contributed by atoms with Crippen molar-refractivity contribution in [2.45, 2.75) is 110 Å². The van der Waals surface area contributed by atoms with Crippen LogP contribution in [0.15, 0.2) is 42.6 Å². The van der Waals surface area contributed by atoms with Gasteiger partial charge in [0.05, 0.1) is 17.8 Å². The molecule has 2 aliphatic heterocycles. The highest BCUT2D eigenvalue weighted by Gasteiger charge is 2.37. The van der Waals surface area contributed by atoms with Crippen molar-refractivity contribution < 1.29 is 32.9 Å². The van der Waals surface area contributed by atoms with Gasteiger partial charge in [0.15, 0.2) is 12.0 Å². The van der Waals surface area contributed by atoms with Crippen molar-refractivity contribution in [2.75, 3.05) is 45.4 Å². The molecule has 0 radical (unpaired) electrons. The Balaban J connectivity index is 1.34. The summed E-state index contributed by atoms with van der Waals surface area (Å²) in [4.78, 5) is 27.2. The first kappa shape index (κ1) is 41.3. The van der Waals surface area contributed by atoms with E-state index < -0.39 is 5.60 Å². The number of likely N-dealkylation sites (N-methyl/N-ethyl adjacent to an activating group) is 1. The number of terminal acetylenes is 1. The van der Waals surface area contributed by atoms with Crippen molar-refractivity contribution >= 4 is 33.7 Å². The van der Waals surface area contributed by atoms with Gasteiger partial charge in [-0.05, 0) is 114 Å². The maximum Gasteiger partial charge on any atom is 0.410 e. The first-order valence-corrected chi connectivity index (χ1v) is 21.0. The maximum absolute atomic E-state index is 16.5. The van der Waals surface area contributed by atoms with Crippen LogP contribution in [0.5, 0.6) is 11.8 Å². The van der Waals surface area contributed by atoms with Crippen molar-refractivity contribution in [1.29, 1.82) is 0 Å². The molecule has 1 saturated carbocycles. The first-order valence-electron chi connectivity index (χ1n) is 21.0. The molecule has 0 bridgehead atoms. The Kier molecular flexibility index (Phi) is 11.6. The number of carbonyl (C=O) groups excluding carboxylic acids is 1. The molecule has 5 aromatic rings. The maximum atomic E-state index is 16.5. The Bertz CT molecular complexity index is 2430. The first-order chi connectivity index (χ1) is 28.8. The van der Waals surface area contributed by atoms with E-state index in [-0.39, 0.29) is 55.4 Å². The van der Waals surface area contributed by atoms with Crippen molar-refractivity contribution in [3.05, 3.63) is 70.7 Å². The standard InChI is InChI=1S/C47H55FN6O6/c1-9-30-13-15-31(16-14-30)27-58-43-41(40-29(3)37(48)23-38-36(40)24-49-54(38)39-12-10-11-21-57-39)34(32-17-18-32)22-35-42(43)50-45(59-26-28(2)56-8)51-44(35)52(7)33-19-20-53(25-33)46(55)60-47(4,5)6/h1,13-16,22-24,28,32-33,39H,10-12,17-21,25-27H2,2-8H3/t28-,33+,39?/m1/s1. The lowest BCUT2D eigenvalue weighted by Crippen LogP contribution is -2.39. The van der Waals surface area contributed by atoms with Crippen molar-refractivity contribution in [3.8, 4) is 35.2 Å². The molecule has 12 nitrogen and oxygen atoms in total. The average Bonchev–Trinajstić information content (AvgIpc) is 3.81. The van der Waals surface area contributed by atoms with Gasteiger partial charge in [-0.1, -0.05) is 18.1 Å². The van der Waals surface area contributed by atoms with Crippen LogP contribution in [0.4, 0.5) is 15.0 Å². The van der Waals surface area contributed by atoms with Crippen molar-refractivity contribution in [3.63, 3.8) is 0 Å². The van der Waals surface area contributed by atoms with E-state index in [0.29, 0.717) is 59.8 Å². The van der Waals surface area contributed by atoms with E-state index in [1.807, 2.05) is 76.8 Å². The van der Waals surface area contributed by atoms with E-state index in [0.717, 1.165) is 65.1 Å². The molecule has 3 aliphatic rings. The normalized spacial score (nSPS) is 18.8. The highest BCUT2D eigenvalue weighted by atomic mass is 19.1. The molecule has 3 atom stereocenters. The molecule has 0 N–H and O–H groups in total. The largest absolute Gasteiger partial charge is 0.486 e. The molecule has 1 unspecified atom stereocenters. The Morgan fingerprint density at radius 1 is 1.07 bits per heavy atom. The quantitative estimate of drug-likeness (QED) is 0.113. The number of amides is 1. The lowest BCUT2D eigenvalue weighted by atomic mass is 9.88. The van der Waals surface area contributed by atoms with E-state index in [1.54, 1.807) is 18.1 Å². The van der Waals surface area contributed by atoms with Crippen molar-refractivity contribution in [1.82, 2.24) is 24.6 Å². The predicted molar refractivity (Wildman–Crippen MR) is 229 cm³/mol. The third kappa shape index (κ3) is 8.45. The zero-order valence-corrected chi connectivity index (χ0v) is 35.7. The summed E-state index contributed by atoms with van der Waals surface area (Å²) in [6.07, 6.45) is 12.1. The van der Waals surface area contributed by atoms with Gasteiger partial charge in [0.2, 0.25) is 0 Å². The highest BCUT2D eigenvalue weighted by Crippen LogP contribution is 2.53. The van der Waals surface area contributed by atoms with Crippen LogP contribution in [0.25, 0.3) is 32.9 Å². The summed E-state index contributed by atoms with van der Waals surface area (Å²) >= 11 is 0. The zero-order chi connectivity index (χ0) is 42.3. The molecule has 2 aromatic heterocycles. The molecule has 3 fully saturated rings.